The Morgan fingerprint density at radius 2 is 2.00 bits per heavy atom. The van der Waals surface area contributed by atoms with Crippen LogP contribution in [0.1, 0.15) is 44.8 Å². The van der Waals surface area contributed by atoms with Crippen molar-refractivity contribution in [3.05, 3.63) is 40.9 Å². The first-order chi connectivity index (χ1) is 12.5. The minimum Gasteiger partial charge on any atom is -0.478 e. The van der Waals surface area contributed by atoms with Crippen molar-refractivity contribution in [3.63, 3.8) is 0 Å². The molecule has 0 aliphatic carbocycles. The van der Waals surface area contributed by atoms with Gasteiger partial charge in [-0.25, -0.2) is 0 Å². The molecule has 7 heteroatoms. The molecule has 1 amide bonds. The molecule has 2 heterocycles. The maximum absolute atomic E-state index is 12.5. The summed E-state index contributed by atoms with van der Waals surface area (Å²) < 4.78 is 8.01. The second kappa shape index (κ2) is 8.08. The Morgan fingerprint density at radius 3 is 2.77 bits per heavy atom. The van der Waals surface area contributed by atoms with Crippen molar-refractivity contribution in [2.24, 2.45) is 0 Å². The fraction of sp³-hybridized carbons (Fsp3) is 0.526. The number of nitrogens with zero attached hydrogens (tertiary/aromatic N) is 3. The third kappa shape index (κ3) is 4.55. The van der Waals surface area contributed by atoms with Gasteiger partial charge in [-0.1, -0.05) is 18.0 Å². The summed E-state index contributed by atoms with van der Waals surface area (Å²) in [6, 6.07) is 6.98. The minimum atomic E-state index is -0.977. The van der Waals surface area contributed by atoms with Gasteiger partial charge < -0.3 is 14.6 Å². The van der Waals surface area contributed by atoms with E-state index in [0.717, 1.165) is 31.0 Å². The monoisotopic (exact) mass is 376 g/mol. The van der Waals surface area contributed by atoms with E-state index < -0.39 is 5.60 Å². The fourth-order valence-electron chi connectivity index (χ4n) is 3.07. The van der Waals surface area contributed by atoms with Crippen LogP contribution in [0.15, 0.2) is 24.3 Å². The van der Waals surface area contributed by atoms with Crippen molar-refractivity contribution >= 4 is 17.5 Å². The van der Waals surface area contributed by atoms with Gasteiger partial charge in [-0.2, -0.15) is 0 Å². The van der Waals surface area contributed by atoms with Gasteiger partial charge in [0.15, 0.2) is 5.60 Å². The summed E-state index contributed by atoms with van der Waals surface area (Å²) in [5.74, 6) is 2.45. The van der Waals surface area contributed by atoms with Crippen molar-refractivity contribution in [2.45, 2.75) is 58.1 Å². The van der Waals surface area contributed by atoms with Gasteiger partial charge in [-0.3, -0.25) is 4.79 Å². The van der Waals surface area contributed by atoms with E-state index in [9.17, 15) is 4.79 Å². The number of hydrogen-bond donors (Lipinski definition) is 1. The molecule has 3 rings (SSSR count). The van der Waals surface area contributed by atoms with Gasteiger partial charge in [-0.15, -0.1) is 10.2 Å². The Labute approximate surface area is 158 Å². The van der Waals surface area contributed by atoms with Gasteiger partial charge >= 0.3 is 0 Å². The highest BCUT2D eigenvalue weighted by atomic mass is 35.5. The van der Waals surface area contributed by atoms with Crippen molar-refractivity contribution in [1.82, 2.24) is 20.1 Å². The molecule has 0 spiro atoms. The van der Waals surface area contributed by atoms with E-state index in [4.69, 9.17) is 16.3 Å². The van der Waals surface area contributed by atoms with Crippen LogP contribution < -0.4 is 10.1 Å². The summed E-state index contributed by atoms with van der Waals surface area (Å²) in [6.07, 6.45) is 5.21. The van der Waals surface area contributed by atoms with Gasteiger partial charge in [-0.05, 0) is 51.0 Å². The zero-order valence-corrected chi connectivity index (χ0v) is 16.1. The van der Waals surface area contributed by atoms with Crippen LogP contribution in [0.5, 0.6) is 5.75 Å². The molecule has 0 fully saturated rings. The Hall–Kier alpha value is -2.08. The van der Waals surface area contributed by atoms with E-state index in [1.54, 1.807) is 38.1 Å². The Bertz CT molecular complexity index is 755. The molecule has 6 nitrogen and oxygen atoms in total. The summed E-state index contributed by atoms with van der Waals surface area (Å²) in [7, 11) is 0. The van der Waals surface area contributed by atoms with Crippen LogP contribution in [0.25, 0.3) is 0 Å². The van der Waals surface area contributed by atoms with Gasteiger partial charge in [0.25, 0.3) is 5.91 Å². The van der Waals surface area contributed by atoms with Crippen molar-refractivity contribution in [2.75, 3.05) is 6.54 Å². The first-order valence-corrected chi connectivity index (χ1v) is 9.47. The number of aromatic nitrogens is 3. The zero-order valence-electron chi connectivity index (χ0n) is 15.3. The first kappa shape index (κ1) is 18.7. The van der Waals surface area contributed by atoms with Crippen molar-refractivity contribution in [3.8, 4) is 5.75 Å². The van der Waals surface area contributed by atoms with E-state index in [2.05, 4.69) is 20.1 Å². The molecule has 1 N–H and O–H groups in total. The lowest BCUT2D eigenvalue weighted by Gasteiger charge is -2.25. The number of fused-ring (bicyclic) bond motifs is 1. The fourth-order valence-corrected chi connectivity index (χ4v) is 3.20. The van der Waals surface area contributed by atoms with Crippen LogP contribution >= 0.6 is 11.6 Å². The third-order valence-corrected chi connectivity index (χ3v) is 4.81. The Morgan fingerprint density at radius 1 is 1.23 bits per heavy atom. The lowest BCUT2D eigenvalue weighted by atomic mass is 10.1. The number of hydrogen-bond acceptors (Lipinski definition) is 4. The van der Waals surface area contributed by atoms with Gasteiger partial charge in [0, 0.05) is 31.0 Å². The summed E-state index contributed by atoms with van der Waals surface area (Å²) in [6.45, 7) is 4.97. The molecule has 26 heavy (non-hydrogen) atoms. The predicted octanol–water partition coefficient (Wildman–Crippen LogP) is 3.17. The van der Waals surface area contributed by atoms with E-state index >= 15 is 0 Å². The number of rotatable bonds is 6. The molecule has 0 saturated carbocycles. The summed E-state index contributed by atoms with van der Waals surface area (Å²) in [5.41, 5.74) is -0.977. The molecule has 0 atom stereocenters. The lowest BCUT2D eigenvalue weighted by molar-refractivity contribution is -0.134. The summed E-state index contributed by atoms with van der Waals surface area (Å²) >= 11 is 5.88. The second-order valence-electron chi connectivity index (χ2n) is 7.07. The number of ether oxygens (including phenoxy) is 1. The molecule has 1 aliphatic rings. The quantitative estimate of drug-likeness (QED) is 0.840. The predicted molar refractivity (Wildman–Crippen MR) is 100 cm³/mol. The number of carbonyl (C=O) groups excluding carboxylic acids is 1. The number of halogens is 1. The number of carbonyl (C=O) groups is 1. The molecular formula is C19H25ClN4O2. The number of nitrogens with one attached hydrogen (secondary N) is 1. The van der Waals surface area contributed by atoms with E-state index in [1.165, 1.54) is 12.8 Å². The standard InChI is InChI=1S/C19H25ClN4O2/c1-19(2,26-15-9-7-14(20)8-10-15)18(25)21-12-11-17-23-22-16-6-4-3-5-13-24(16)17/h7-10H,3-6,11-13H2,1-2H3,(H,21,25). The van der Waals surface area contributed by atoms with E-state index in [-0.39, 0.29) is 5.91 Å². The largest absolute Gasteiger partial charge is 0.478 e. The molecule has 0 unspecified atom stereocenters. The molecule has 1 aromatic carbocycles. The zero-order chi connectivity index (χ0) is 18.6. The Kier molecular flexibility index (Phi) is 5.81. The maximum Gasteiger partial charge on any atom is 0.263 e. The average Bonchev–Trinajstić information content (AvgIpc) is 2.84. The number of benzene rings is 1. The van der Waals surface area contributed by atoms with Crippen LogP contribution in [0.3, 0.4) is 0 Å². The SMILES string of the molecule is CC(C)(Oc1ccc(Cl)cc1)C(=O)NCCc1nnc2n1CCCCC2. The average molecular weight is 377 g/mol. The van der Waals surface area contributed by atoms with Crippen LogP contribution in [-0.2, 0) is 24.2 Å². The third-order valence-electron chi connectivity index (χ3n) is 4.55. The van der Waals surface area contributed by atoms with Crippen LogP contribution in [-0.4, -0.2) is 32.8 Å². The van der Waals surface area contributed by atoms with Crippen LogP contribution in [0, 0.1) is 0 Å². The molecule has 0 bridgehead atoms. The molecule has 0 saturated heterocycles. The van der Waals surface area contributed by atoms with E-state index in [0.29, 0.717) is 23.7 Å². The topological polar surface area (TPSA) is 69.0 Å². The number of aryl methyl sites for hydroxylation is 1. The molecule has 0 radical (unpaired) electrons. The van der Waals surface area contributed by atoms with Crippen LogP contribution in [0.4, 0.5) is 0 Å². The molecule has 2 aromatic rings. The summed E-state index contributed by atoms with van der Waals surface area (Å²) in [5, 5.41) is 12.2. The second-order valence-corrected chi connectivity index (χ2v) is 7.50. The number of amides is 1. The normalized spacial score (nSPS) is 14.4. The first-order valence-electron chi connectivity index (χ1n) is 9.09. The van der Waals surface area contributed by atoms with Crippen molar-refractivity contribution < 1.29 is 9.53 Å². The molecular weight excluding hydrogens is 352 g/mol. The molecule has 1 aliphatic heterocycles. The molecule has 1 aromatic heterocycles. The highest BCUT2D eigenvalue weighted by Crippen LogP contribution is 2.21. The maximum atomic E-state index is 12.5. The van der Waals surface area contributed by atoms with Crippen LogP contribution in [0.2, 0.25) is 5.02 Å². The highest BCUT2D eigenvalue weighted by Gasteiger charge is 2.29. The van der Waals surface area contributed by atoms with Gasteiger partial charge in [0.2, 0.25) is 0 Å². The van der Waals surface area contributed by atoms with E-state index in [1.807, 2.05) is 0 Å². The van der Waals surface area contributed by atoms with Gasteiger partial charge in [0.05, 0.1) is 0 Å². The van der Waals surface area contributed by atoms with Gasteiger partial charge in [0.1, 0.15) is 17.4 Å². The highest BCUT2D eigenvalue weighted by molar-refractivity contribution is 6.30. The Balaban J connectivity index is 1.53. The summed E-state index contributed by atoms with van der Waals surface area (Å²) in [4.78, 5) is 12.5. The minimum absolute atomic E-state index is 0.164. The lowest BCUT2D eigenvalue weighted by Crippen LogP contribution is -2.47. The van der Waals surface area contributed by atoms with Crippen molar-refractivity contribution in [1.29, 1.82) is 0 Å². The smallest absolute Gasteiger partial charge is 0.263 e. The molecule has 140 valence electrons.